The highest BCUT2D eigenvalue weighted by Crippen LogP contribution is 2.38. The second kappa shape index (κ2) is 8.96. The molecule has 2 aliphatic rings. The number of primary sulfonamides is 1. The van der Waals surface area contributed by atoms with Crippen LogP contribution in [0.15, 0.2) is 41.3 Å². The number of aryl methyl sites for hydroxylation is 1. The summed E-state index contributed by atoms with van der Waals surface area (Å²) in [5, 5.41) is 5.35. The zero-order valence-electron chi connectivity index (χ0n) is 18.9. The molecular weight excluding hydrogens is 440 g/mol. The van der Waals surface area contributed by atoms with Crippen LogP contribution in [0.1, 0.15) is 50.0 Å². The van der Waals surface area contributed by atoms with Gasteiger partial charge in [0.1, 0.15) is 19.0 Å². The monoisotopic (exact) mass is 470 g/mol. The van der Waals surface area contributed by atoms with Crippen LogP contribution in [0.4, 0.5) is 0 Å². The fourth-order valence-corrected chi connectivity index (χ4v) is 5.40. The Balaban J connectivity index is 1.46. The zero-order valence-corrected chi connectivity index (χ0v) is 19.7. The summed E-state index contributed by atoms with van der Waals surface area (Å²) in [6.45, 7) is 5.85. The van der Waals surface area contributed by atoms with Crippen LogP contribution < -0.4 is 14.6 Å². The van der Waals surface area contributed by atoms with Crippen molar-refractivity contribution < 1.29 is 17.9 Å². The molecule has 2 aromatic carbocycles. The Hall–Kier alpha value is -2.62. The Morgan fingerprint density at radius 3 is 2.73 bits per heavy atom. The van der Waals surface area contributed by atoms with E-state index in [-0.39, 0.29) is 10.9 Å². The smallest absolute Gasteiger partial charge is 0.238 e. The normalized spacial score (nSPS) is 18.8. The van der Waals surface area contributed by atoms with Gasteiger partial charge in [-0.05, 0) is 61.7 Å². The van der Waals surface area contributed by atoms with E-state index in [2.05, 4.69) is 28.5 Å². The van der Waals surface area contributed by atoms with E-state index >= 15 is 0 Å². The van der Waals surface area contributed by atoms with Crippen molar-refractivity contribution in [3.63, 3.8) is 0 Å². The fraction of sp³-hybridized carbons (Fsp3) is 0.458. The number of sulfonamides is 1. The van der Waals surface area contributed by atoms with E-state index in [1.165, 1.54) is 5.56 Å². The van der Waals surface area contributed by atoms with Gasteiger partial charge in [-0.3, -0.25) is 4.90 Å². The number of likely N-dealkylation sites (tertiary alicyclic amines) is 1. The van der Waals surface area contributed by atoms with Gasteiger partial charge in [0.2, 0.25) is 10.0 Å². The lowest BCUT2D eigenvalue weighted by molar-refractivity contribution is 0.170. The van der Waals surface area contributed by atoms with Crippen molar-refractivity contribution >= 4 is 21.1 Å². The Morgan fingerprint density at radius 1 is 1.12 bits per heavy atom. The maximum atomic E-state index is 11.8. The van der Waals surface area contributed by atoms with E-state index in [0.717, 1.165) is 61.6 Å². The van der Waals surface area contributed by atoms with Crippen LogP contribution in [-0.2, 0) is 23.1 Å². The predicted octanol–water partition coefficient (Wildman–Crippen LogP) is 3.59. The number of aromatic nitrogens is 2. The van der Waals surface area contributed by atoms with Crippen LogP contribution >= 0.6 is 0 Å². The van der Waals surface area contributed by atoms with Gasteiger partial charge < -0.3 is 14.0 Å². The van der Waals surface area contributed by atoms with E-state index in [4.69, 9.17) is 19.6 Å². The lowest BCUT2D eigenvalue weighted by Crippen LogP contribution is -2.25. The SMILES string of the molecule is CCCCn1c(CN2CCC[C@@H]2c2ccc3c(c2)OCCO3)nc2cc(S(N)(=O)=O)ccc21. The summed E-state index contributed by atoms with van der Waals surface area (Å²) >= 11 is 0. The molecule has 0 radical (unpaired) electrons. The van der Waals surface area contributed by atoms with Crippen molar-refractivity contribution in [2.45, 2.75) is 56.6 Å². The van der Waals surface area contributed by atoms with Gasteiger partial charge in [-0.15, -0.1) is 0 Å². The average Bonchev–Trinajstić information content (AvgIpc) is 3.40. The van der Waals surface area contributed by atoms with Crippen molar-refractivity contribution in [3.8, 4) is 11.5 Å². The summed E-state index contributed by atoms with van der Waals surface area (Å²) < 4.78 is 37.4. The van der Waals surface area contributed by atoms with Crippen LogP contribution in [-0.4, -0.2) is 42.6 Å². The molecule has 0 saturated carbocycles. The largest absolute Gasteiger partial charge is 0.486 e. The summed E-state index contributed by atoms with van der Waals surface area (Å²) in [6, 6.07) is 11.5. The van der Waals surface area contributed by atoms with Crippen molar-refractivity contribution in [3.05, 3.63) is 47.8 Å². The van der Waals surface area contributed by atoms with Crippen LogP contribution in [0.5, 0.6) is 11.5 Å². The zero-order chi connectivity index (χ0) is 23.0. The van der Waals surface area contributed by atoms with Crippen molar-refractivity contribution in [2.24, 2.45) is 5.14 Å². The van der Waals surface area contributed by atoms with Gasteiger partial charge in [0.25, 0.3) is 0 Å². The number of nitrogens with two attached hydrogens (primary N) is 1. The lowest BCUT2D eigenvalue weighted by Gasteiger charge is -2.26. The molecule has 176 valence electrons. The summed E-state index contributed by atoms with van der Waals surface area (Å²) in [4.78, 5) is 7.41. The van der Waals surface area contributed by atoms with Gasteiger partial charge in [-0.1, -0.05) is 19.4 Å². The van der Waals surface area contributed by atoms with Crippen molar-refractivity contribution in [2.75, 3.05) is 19.8 Å². The number of hydrogen-bond acceptors (Lipinski definition) is 6. The summed E-state index contributed by atoms with van der Waals surface area (Å²) in [6.07, 6.45) is 4.28. The highest BCUT2D eigenvalue weighted by Gasteiger charge is 2.29. The van der Waals surface area contributed by atoms with E-state index < -0.39 is 10.0 Å². The van der Waals surface area contributed by atoms with E-state index in [9.17, 15) is 8.42 Å². The van der Waals surface area contributed by atoms with Gasteiger partial charge in [-0.25, -0.2) is 18.5 Å². The van der Waals surface area contributed by atoms with E-state index in [0.29, 0.717) is 25.3 Å². The first-order valence-corrected chi connectivity index (χ1v) is 13.1. The van der Waals surface area contributed by atoms with E-state index in [1.807, 2.05) is 12.1 Å². The molecule has 2 aliphatic heterocycles. The Labute approximate surface area is 194 Å². The number of nitrogens with zero attached hydrogens (tertiary/aromatic N) is 3. The molecule has 0 bridgehead atoms. The summed E-state index contributed by atoms with van der Waals surface area (Å²) in [5.74, 6) is 2.58. The molecule has 3 heterocycles. The fourth-order valence-electron chi connectivity index (χ4n) is 4.86. The Bertz CT molecular complexity index is 1270. The minimum atomic E-state index is -3.77. The first-order valence-electron chi connectivity index (χ1n) is 11.6. The van der Waals surface area contributed by atoms with Crippen molar-refractivity contribution in [1.82, 2.24) is 14.5 Å². The van der Waals surface area contributed by atoms with Gasteiger partial charge in [0.05, 0.1) is 22.5 Å². The molecule has 0 aliphatic carbocycles. The van der Waals surface area contributed by atoms with Gasteiger partial charge in [0, 0.05) is 12.6 Å². The molecule has 3 aromatic rings. The molecule has 1 atom stereocenters. The highest BCUT2D eigenvalue weighted by molar-refractivity contribution is 7.89. The molecule has 0 spiro atoms. The van der Waals surface area contributed by atoms with Gasteiger partial charge in [0.15, 0.2) is 11.5 Å². The minimum Gasteiger partial charge on any atom is -0.486 e. The lowest BCUT2D eigenvalue weighted by atomic mass is 10.0. The average molecular weight is 471 g/mol. The molecule has 0 unspecified atom stereocenters. The topological polar surface area (TPSA) is 99.7 Å². The Morgan fingerprint density at radius 2 is 1.94 bits per heavy atom. The number of ether oxygens (including phenoxy) is 2. The molecule has 9 heteroatoms. The maximum Gasteiger partial charge on any atom is 0.238 e. The molecule has 33 heavy (non-hydrogen) atoms. The van der Waals surface area contributed by atoms with Gasteiger partial charge >= 0.3 is 0 Å². The first-order chi connectivity index (χ1) is 15.9. The number of fused-ring (bicyclic) bond motifs is 2. The number of hydrogen-bond donors (Lipinski definition) is 1. The molecule has 0 amide bonds. The molecule has 2 N–H and O–H groups in total. The molecule has 1 saturated heterocycles. The van der Waals surface area contributed by atoms with Crippen LogP contribution in [0.2, 0.25) is 0 Å². The van der Waals surface area contributed by atoms with E-state index in [1.54, 1.807) is 12.1 Å². The van der Waals surface area contributed by atoms with Crippen LogP contribution in [0, 0.1) is 0 Å². The van der Waals surface area contributed by atoms with Gasteiger partial charge in [-0.2, -0.15) is 0 Å². The molecule has 1 fully saturated rings. The maximum absolute atomic E-state index is 11.8. The minimum absolute atomic E-state index is 0.0945. The third kappa shape index (κ3) is 4.45. The molecule has 5 rings (SSSR count). The van der Waals surface area contributed by atoms with Crippen LogP contribution in [0.3, 0.4) is 0 Å². The predicted molar refractivity (Wildman–Crippen MR) is 126 cm³/mol. The standard InChI is InChI=1S/C24H30N4O4S/c1-2-3-11-28-21-8-7-18(33(25,29)30)15-19(21)26-24(28)16-27-10-4-5-20(27)17-6-9-22-23(14-17)32-13-12-31-22/h6-9,14-15,20H,2-5,10-13,16H2,1H3,(H2,25,29,30)/t20-/m1/s1. The molecule has 1 aromatic heterocycles. The molecule has 8 nitrogen and oxygen atoms in total. The second-order valence-corrected chi connectivity index (χ2v) is 10.3. The molecular formula is C24H30N4O4S. The highest BCUT2D eigenvalue weighted by atomic mass is 32.2. The van der Waals surface area contributed by atoms with Crippen LogP contribution in [0.25, 0.3) is 11.0 Å². The van der Waals surface area contributed by atoms with Crippen molar-refractivity contribution in [1.29, 1.82) is 0 Å². The summed E-state index contributed by atoms with van der Waals surface area (Å²) in [5.41, 5.74) is 2.84. The summed E-state index contributed by atoms with van der Waals surface area (Å²) in [7, 11) is -3.77. The number of rotatable bonds is 7. The third-order valence-electron chi connectivity index (χ3n) is 6.52. The number of unbranched alkanes of at least 4 members (excludes halogenated alkanes) is 1. The number of benzene rings is 2. The quantitative estimate of drug-likeness (QED) is 0.566. The Kier molecular flexibility index (Phi) is 6.03. The first kappa shape index (κ1) is 22.2. The third-order valence-corrected chi connectivity index (χ3v) is 7.43. The second-order valence-electron chi connectivity index (χ2n) is 8.76. The number of imidazole rings is 1.